The lowest BCUT2D eigenvalue weighted by Gasteiger charge is -2.03. The van der Waals surface area contributed by atoms with Gasteiger partial charge < -0.3 is 9.67 Å². The maximum Gasteiger partial charge on any atom is 0.0610 e. The average Bonchev–Trinajstić information content (AvgIpc) is 2.53. The SMILES string of the molecule is OCCn1ccc2c1CCC2. The Morgan fingerprint density at radius 1 is 1.45 bits per heavy atom. The zero-order valence-corrected chi connectivity index (χ0v) is 6.58. The molecule has 0 bridgehead atoms. The number of rotatable bonds is 2. The first kappa shape index (κ1) is 6.92. The van der Waals surface area contributed by atoms with Gasteiger partial charge in [-0.05, 0) is 30.9 Å². The highest BCUT2D eigenvalue weighted by Crippen LogP contribution is 2.22. The van der Waals surface area contributed by atoms with E-state index in [2.05, 4.69) is 16.8 Å². The lowest BCUT2D eigenvalue weighted by molar-refractivity contribution is 0.275. The van der Waals surface area contributed by atoms with Crippen molar-refractivity contribution in [2.45, 2.75) is 25.8 Å². The molecule has 2 heteroatoms. The van der Waals surface area contributed by atoms with E-state index in [1.807, 2.05) is 0 Å². The molecular formula is C9H13NO. The first-order valence-corrected chi connectivity index (χ1v) is 4.19. The summed E-state index contributed by atoms with van der Waals surface area (Å²) in [5.74, 6) is 0. The maximum absolute atomic E-state index is 8.75. The third-order valence-electron chi connectivity index (χ3n) is 2.37. The van der Waals surface area contributed by atoms with Gasteiger partial charge in [-0.2, -0.15) is 0 Å². The van der Waals surface area contributed by atoms with E-state index in [0.29, 0.717) is 0 Å². The Morgan fingerprint density at radius 3 is 3.18 bits per heavy atom. The van der Waals surface area contributed by atoms with Crippen LogP contribution in [0.4, 0.5) is 0 Å². The summed E-state index contributed by atoms with van der Waals surface area (Å²) in [4.78, 5) is 0. The van der Waals surface area contributed by atoms with Crippen molar-refractivity contribution in [3.05, 3.63) is 23.5 Å². The molecule has 2 rings (SSSR count). The number of hydrogen-bond acceptors (Lipinski definition) is 1. The van der Waals surface area contributed by atoms with E-state index < -0.39 is 0 Å². The second-order valence-electron chi connectivity index (χ2n) is 3.06. The number of aryl methyl sites for hydroxylation is 1. The third-order valence-corrected chi connectivity index (χ3v) is 2.37. The van der Waals surface area contributed by atoms with Crippen LogP contribution >= 0.6 is 0 Å². The summed E-state index contributed by atoms with van der Waals surface area (Å²) in [5.41, 5.74) is 2.93. The first-order valence-electron chi connectivity index (χ1n) is 4.19. The van der Waals surface area contributed by atoms with Crippen molar-refractivity contribution in [1.82, 2.24) is 4.57 Å². The summed E-state index contributed by atoms with van der Waals surface area (Å²) in [6.07, 6.45) is 5.80. The van der Waals surface area contributed by atoms with Crippen molar-refractivity contribution in [2.24, 2.45) is 0 Å². The lowest BCUT2D eigenvalue weighted by Crippen LogP contribution is -2.03. The van der Waals surface area contributed by atoms with Gasteiger partial charge in [0.05, 0.1) is 6.61 Å². The standard InChI is InChI=1S/C9H13NO/c11-7-6-10-5-4-8-2-1-3-9(8)10/h4-5,11H,1-3,6-7H2. The Kier molecular flexibility index (Phi) is 1.70. The fourth-order valence-electron chi connectivity index (χ4n) is 1.85. The van der Waals surface area contributed by atoms with E-state index in [-0.39, 0.29) is 6.61 Å². The van der Waals surface area contributed by atoms with E-state index in [1.54, 1.807) is 0 Å². The molecule has 2 nitrogen and oxygen atoms in total. The highest BCUT2D eigenvalue weighted by atomic mass is 16.3. The third kappa shape index (κ3) is 1.07. The van der Waals surface area contributed by atoms with Gasteiger partial charge in [-0.3, -0.25) is 0 Å². The van der Waals surface area contributed by atoms with E-state index in [0.717, 1.165) is 6.54 Å². The van der Waals surface area contributed by atoms with Gasteiger partial charge in [-0.15, -0.1) is 0 Å². The molecule has 1 aromatic heterocycles. The number of nitrogens with zero attached hydrogens (tertiary/aromatic N) is 1. The summed E-state index contributed by atoms with van der Waals surface area (Å²) in [6, 6.07) is 2.18. The molecule has 0 atom stereocenters. The summed E-state index contributed by atoms with van der Waals surface area (Å²) in [5, 5.41) is 8.75. The zero-order chi connectivity index (χ0) is 7.68. The monoisotopic (exact) mass is 151 g/mol. The van der Waals surface area contributed by atoms with E-state index in [4.69, 9.17) is 5.11 Å². The topological polar surface area (TPSA) is 25.2 Å². The summed E-state index contributed by atoms with van der Waals surface area (Å²) >= 11 is 0. The van der Waals surface area contributed by atoms with Crippen LogP contribution in [0, 0.1) is 0 Å². The smallest absolute Gasteiger partial charge is 0.0610 e. The molecule has 0 aromatic carbocycles. The molecule has 1 heterocycles. The number of aliphatic hydroxyl groups excluding tert-OH is 1. The van der Waals surface area contributed by atoms with Crippen LogP contribution in [0.2, 0.25) is 0 Å². The van der Waals surface area contributed by atoms with Crippen molar-refractivity contribution in [2.75, 3.05) is 6.61 Å². The van der Waals surface area contributed by atoms with Crippen LogP contribution in [-0.2, 0) is 19.4 Å². The van der Waals surface area contributed by atoms with Crippen molar-refractivity contribution in [3.8, 4) is 0 Å². The van der Waals surface area contributed by atoms with Gasteiger partial charge in [0.1, 0.15) is 0 Å². The summed E-state index contributed by atoms with van der Waals surface area (Å²) in [7, 11) is 0. The number of aliphatic hydroxyl groups is 1. The van der Waals surface area contributed by atoms with Crippen LogP contribution in [-0.4, -0.2) is 16.3 Å². The highest BCUT2D eigenvalue weighted by Gasteiger charge is 2.13. The summed E-state index contributed by atoms with van der Waals surface area (Å²) in [6.45, 7) is 1.01. The zero-order valence-electron chi connectivity index (χ0n) is 6.58. The van der Waals surface area contributed by atoms with Crippen molar-refractivity contribution in [3.63, 3.8) is 0 Å². The molecule has 0 saturated carbocycles. The predicted molar refractivity (Wildman–Crippen MR) is 43.5 cm³/mol. The Bertz CT molecular complexity index is 252. The molecular weight excluding hydrogens is 138 g/mol. The highest BCUT2D eigenvalue weighted by molar-refractivity contribution is 5.26. The summed E-state index contributed by atoms with van der Waals surface area (Å²) < 4.78 is 2.17. The van der Waals surface area contributed by atoms with Crippen LogP contribution in [0.3, 0.4) is 0 Å². The normalized spacial score (nSPS) is 15.4. The van der Waals surface area contributed by atoms with Crippen LogP contribution in [0.1, 0.15) is 17.7 Å². The van der Waals surface area contributed by atoms with Crippen molar-refractivity contribution in [1.29, 1.82) is 0 Å². The van der Waals surface area contributed by atoms with Gasteiger partial charge in [0, 0.05) is 18.4 Å². The number of hydrogen-bond donors (Lipinski definition) is 1. The fourth-order valence-corrected chi connectivity index (χ4v) is 1.85. The van der Waals surface area contributed by atoms with Gasteiger partial charge >= 0.3 is 0 Å². The Labute approximate surface area is 66.5 Å². The van der Waals surface area contributed by atoms with Crippen LogP contribution in [0.5, 0.6) is 0 Å². The number of aromatic nitrogens is 1. The molecule has 0 spiro atoms. The Morgan fingerprint density at radius 2 is 2.36 bits per heavy atom. The minimum atomic E-state index is 0.251. The van der Waals surface area contributed by atoms with Gasteiger partial charge in [0.15, 0.2) is 0 Å². The lowest BCUT2D eigenvalue weighted by atomic mass is 10.3. The first-order chi connectivity index (χ1) is 5.42. The molecule has 60 valence electrons. The van der Waals surface area contributed by atoms with Crippen LogP contribution in [0.15, 0.2) is 12.3 Å². The second-order valence-corrected chi connectivity index (χ2v) is 3.06. The molecule has 1 aliphatic carbocycles. The quantitative estimate of drug-likeness (QED) is 0.669. The minimum Gasteiger partial charge on any atom is -0.395 e. The van der Waals surface area contributed by atoms with E-state index in [9.17, 15) is 0 Å². The van der Waals surface area contributed by atoms with Crippen molar-refractivity contribution < 1.29 is 5.11 Å². The average molecular weight is 151 g/mol. The number of fused-ring (bicyclic) bond motifs is 1. The molecule has 11 heavy (non-hydrogen) atoms. The second kappa shape index (κ2) is 2.70. The molecule has 1 N–H and O–H groups in total. The molecule has 0 saturated heterocycles. The Balaban J connectivity index is 2.27. The van der Waals surface area contributed by atoms with E-state index >= 15 is 0 Å². The van der Waals surface area contributed by atoms with Gasteiger partial charge in [0.25, 0.3) is 0 Å². The largest absolute Gasteiger partial charge is 0.395 e. The molecule has 1 aromatic rings. The predicted octanol–water partition coefficient (Wildman–Crippen LogP) is 0.969. The molecule has 0 fully saturated rings. The maximum atomic E-state index is 8.75. The Hall–Kier alpha value is -0.760. The minimum absolute atomic E-state index is 0.251. The van der Waals surface area contributed by atoms with Gasteiger partial charge in [0.2, 0.25) is 0 Å². The van der Waals surface area contributed by atoms with Gasteiger partial charge in [-0.25, -0.2) is 0 Å². The van der Waals surface area contributed by atoms with Crippen LogP contribution < -0.4 is 0 Å². The molecule has 0 radical (unpaired) electrons. The molecule has 0 amide bonds. The molecule has 1 aliphatic rings. The molecule has 0 aliphatic heterocycles. The fraction of sp³-hybridized carbons (Fsp3) is 0.556. The molecule has 0 unspecified atom stereocenters. The van der Waals surface area contributed by atoms with Crippen molar-refractivity contribution >= 4 is 0 Å². The van der Waals surface area contributed by atoms with E-state index in [1.165, 1.54) is 30.5 Å². The van der Waals surface area contributed by atoms with Crippen LogP contribution in [0.25, 0.3) is 0 Å². The van der Waals surface area contributed by atoms with Gasteiger partial charge in [-0.1, -0.05) is 0 Å².